The van der Waals surface area contributed by atoms with Gasteiger partial charge in [0.25, 0.3) is 0 Å². The summed E-state index contributed by atoms with van der Waals surface area (Å²) in [4.78, 5) is 0. The fourth-order valence-electron chi connectivity index (χ4n) is 2.14. The Labute approximate surface area is 91.7 Å². The summed E-state index contributed by atoms with van der Waals surface area (Å²) in [5, 5.41) is 10.7. The van der Waals surface area contributed by atoms with Gasteiger partial charge in [-0.1, -0.05) is 19.3 Å². The first-order chi connectivity index (χ1) is 7.27. The van der Waals surface area contributed by atoms with Crippen LogP contribution in [0.5, 0.6) is 0 Å². The van der Waals surface area contributed by atoms with E-state index in [9.17, 15) is 0 Å². The van der Waals surface area contributed by atoms with Crippen LogP contribution in [-0.2, 0) is 6.54 Å². The van der Waals surface area contributed by atoms with Gasteiger partial charge in [-0.3, -0.25) is 5.10 Å². The molecule has 1 aromatic heterocycles. The van der Waals surface area contributed by atoms with Gasteiger partial charge in [0, 0.05) is 17.8 Å². The molecule has 0 aliphatic heterocycles. The third kappa shape index (κ3) is 2.59. The van der Waals surface area contributed by atoms with Crippen LogP contribution in [0.2, 0.25) is 0 Å². The summed E-state index contributed by atoms with van der Waals surface area (Å²) in [6.07, 6.45) is 5.69. The maximum atomic E-state index is 4.19. The molecule has 1 fully saturated rings. The predicted molar refractivity (Wildman–Crippen MR) is 61.7 cm³/mol. The van der Waals surface area contributed by atoms with E-state index >= 15 is 0 Å². The van der Waals surface area contributed by atoms with Crippen molar-refractivity contribution in [2.45, 2.75) is 46.1 Å². The van der Waals surface area contributed by atoms with Crippen LogP contribution >= 0.6 is 0 Å². The number of hydrogen-bond donors (Lipinski definition) is 2. The number of nitrogens with zero attached hydrogens (tertiary/aromatic N) is 1. The third-order valence-corrected chi connectivity index (χ3v) is 3.54. The van der Waals surface area contributed by atoms with E-state index in [1.54, 1.807) is 0 Å². The summed E-state index contributed by atoms with van der Waals surface area (Å²) >= 11 is 0. The van der Waals surface area contributed by atoms with Crippen molar-refractivity contribution in [2.24, 2.45) is 5.92 Å². The highest BCUT2D eigenvalue weighted by Gasteiger charge is 2.16. The molecule has 0 radical (unpaired) electrons. The number of hydrogen-bond acceptors (Lipinski definition) is 2. The highest BCUT2D eigenvalue weighted by atomic mass is 15.1. The Morgan fingerprint density at radius 1 is 1.40 bits per heavy atom. The van der Waals surface area contributed by atoms with E-state index in [-0.39, 0.29) is 0 Å². The lowest BCUT2D eigenvalue weighted by Crippen LogP contribution is -2.21. The first-order valence-corrected chi connectivity index (χ1v) is 5.98. The predicted octanol–water partition coefficient (Wildman–Crippen LogP) is 2.31. The molecule has 0 atom stereocenters. The van der Waals surface area contributed by atoms with Crippen molar-refractivity contribution in [3.05, 3.63) is 17.0 Å². The van der Waals surface area contributed by atoms with E-state index < -0.39 is 0 Å². The van der Waals surface area contributed by atoms with Crippen molar-refractivity contribution < 1.29 is 0 Å². The van der Waals surface area contributed by atoms with Crippen molar-refractivity contribution in [2.75, 3.05) is 6.54 Å². The Kier molecular flexibility index (Phi) is 3.41. The number of nitrogens with one attached hydrogen (secondary N) is 2. The molecule has 0 saturated heterocycles. The van der Waals surface area contributed by atoms with Crippen LogP contribution in [0.25, 0.3) is 0 Å². The second-order valence-electron chi connectivity index (χ2n) is 4.67. The SMILES string of the molecule is Cc1n[nH]c(C)c1CNCCC1CCC1. The molecule has 1 aromatic rings. The molecule has 0 bridgehead atoms. The standard InChI is InChI=1S/C12H21N3/c1-9-12(10(2)15-14-9)8-13-7-6-11-4-3-5-11/h11,13H,3-8H2,1-2H3,(H,14,15). The van der Waals surface area contributed by atoms with Crippen molar-refractivity contribution >= 4 is 0 Å². The molecule has 1 saturated carbocycles. The average molecular weight is 207 g/mol. The van der Waals surface area contributed by atoms with Gasteiger partial charge in [0.05, 0.1) is 5.69 Å². The Morgan fingerprint density at radius 3 is 2.73 bits per heavy atom. The van der Waals surface area contributed by atoms with E-state index in [4.69, 9.17) is 0 Å². The highest BCUT2D eigenvalue weighted by Crippen LogP contribution is 2.28. The second kappa shape index (κ2) is 4.79. The molecule has 0 aromatic carbocycles. The molecule has 3 heteroatoms. The van der Waals surface area contributed by atoms with Crippen LogP contribution in [-0.4, -0.2) is 16.7 Å². The van der Waals surface area contributed by atoms with Crippen LogP contribution in [0.1, 0.15) is 42.6 Å². The zero-order valence-corrected chi connectivity index (χ0v) is 9.77. The third-order valence-electron chi connectivity index (χ3n) is 3.54. The number of aromatic amines is 1. The first-order valence-electron chi connectivity index (χ1n) is 5.98. The normalized spacial score (nSPS) is 16.7. The topological polar surface area (TPSA) is 40.7 Å². The first kappa shape index (κ1) is 10.7. The van der Waals surface area contributed by atoms with Gasteiger partial charge in [-0.2, -0.15) is 5.10 Å². The zero-order chi connectivity index (χ0) is 10.7. The number of H-pyrrole nitrogens is 1. The lowest BCUT2D eigenvalue weighted by molar-refractivity contribution is 0.292. The van der Waals surface area contributed by atoms with Gasteiger partial charge in [-0.25, -0.2) is 0 Å². The Hall–Kier alpha value is -0.830. The summed E-state index contributed by atoms with van der Waals surface area (Å²) in [6.45, 7) is 6.25. The molecule has 2 rings (SSSR count). The average Bonchev–Trinajstić information content (AvgIpc) is 2.45. The van der Waals surface area contributed by atoms with Gasteiger partial charge in [0.2, 0.25) is 0 Å². The summed E-state index contributed by atoms with van der Waals surface area (Å²) in [5.41, 5.74) is 3.66. The van der Waals surface area contributed by atoms with E-state index in [0.29, 0.717) is 0 Å². The lowest BCUT2D eigenvalue weighted by atomic mass is 9.83. The molecule has 84 valence electrons. The molecule has 1 aliphatic rings. The summed E-state index contributed by atoms with van der Waals surface area (Å²) in [7, 11) is 0. The van der Waals surface area contributed by atoms with Crippen molar-refractivity contribution in [1.29, 1.82) is 0 Å². The zero-order valence-electron chi connectivity index (χ0n) is 9.77. The van der Waals surface area contributed by atoms with Crippen molar-refractivity contribution in [3.63, 3.8) is 0 Å². The fraction of sp³-hybridized carbons (Fsp3) is 0.750. The fourth-order valence-corrected chi connectivity index (χ4v) is 2.14. The smallest absolute Gasteiger partial charge is 0.0638 e. The summed E-state index contributed by atoms with van der Waals surface area (Å²) in [6, 6.07) is 0. The van der Waals surface area contributed by atoms with Gasteiger partial charge in [-0.05, 0) is 32.7 Å². The summed E-state index contributed by atoms with van der Waals surface area (Å²) in [5.74, 6) is 1.00. The van der Waals surface area contributed by atoms with Crippen molar-refractivity contribution in [1.82, 2.24) is 15.5 Å². The Morgan fingerprint density at radius 2 is 2.20 bits per heavy atom. The van der Waals surface area contributed by atoms with Gasteiger partial charge in [0.1, 0.15) is 0 Å². The van der Waals surface area contributed by atoms with Gasteiger partial charge in [0.15, 0.2) is 0 Å². The van der Waals surface area contributed by atoms with Gasteiger partial charge >= 0.3 is 0 Å². The van der Waals surface area contributed by atoms with Crippen LogP contribution in [0.4, 0.5) is 0 Å². The Balaban J connectivity index is 1.68. The second-order valence-corrected chi connectivity index (χ2v) is 4.67. The number of aryl methyl sites for hydroxylation is 2. The summed E-state index contributed by atoms with van der Waals surface area (Å²) < 4.78 is 0. The minimum Gasteiger partial charge on any atom is -0.313 e. The quantitative estimate of drug-likeness (QED) is 0.727. The molecule has 1 aliphatic carbocycles. The van der Waals surface area contributed by atoms with Crippen LogP contribution in [0.3, 0.4) is 0 Å². The molecular weight excluding hydrogens is 186 g/mol. The van der Waals surface area contributed by atoms with E-state index in [1.807, 2.05) is 0 Å². The van der Waals surface area contributed by atoms with Crippen molar-refractivity contribution in [3.8, 4) is 0 Å². The Bertz CT molecular complexity index is 293. The largest absolute Gasteiger partial charge is 0.313 e. The lowest BCUT2D eigenvalue weighted by Gasteiger charge is -2.25. The minimum absolute atomic E-state index is 0.959. The highest BCUT2D eigenvalue weighted by molar-refractivity contribution is 5.22. The van der Waals surface area contributed by atoms with Crippen LogP contribution in [0.15, 0.2) is 0 Å². The number of aromatic nitrogens is 2. The maximum Gasteiger partial charge on any atom is 0.0638 e. The molecule has 3 nitrogen and oxygen atoms in total. The van der Waals surface area contributed by atoms with Gasteiger partial charge < -0.3 is 5.32 Å². The molecule has 15 heavy (non-hydrogen) atoms. The monoisotopic (exact) mass is 207 g/mol. The molecular formula is C12H21N3. The molecule has 1 heterocycles. The molecule has 0 unspecified atom stereocenters. The van der Waals surface area contributed by atoms with Gasteiger partial charge in [-0.15, -0.1) is 0 Å². The van der Waals surface area contributed by atoms with E-state index in [0.717, 1.165) is 24.7 Å². The molecule has 2 N–H and O–H groups in total. The van der Waals surface area contributed by atoms with E-state index in [2.05, 4.69) is 29.4 Å². The maximum absolute atomic E-state index is 4.19. The van der Waals surface area contributed by atoms with E-state index in [1.165, 1.54) is 36.9 Å². The molecule has 0 amide bonds. The molecule has 0 spiro atoms. The van der Waals surface area contributed by atoms with Crippen LogP contribution in [0, 0.1) is 19.8 Å². The van der Waals surface area contributed by atoms with Crippen LogP contribution < -0.4 is 5.32 Å². The number of rotatable bonds is 5. The minimum atomic E-state index is 0.959.